The van der Waals surface area contributed by atoms with Gasteiger partial charge in [0.05, 0.1) is 12.2 Å². The Morgan fingerprint density at radius 1 is 1.50 bits per heavy atom. The predicted molar refractivity (Wildman–Crippen MR) is 77.0 cm³/mol. The lowest BCUT2D eigenvalue weighted by molar-refractivity contribution is 0.0821. The SMILES string of the molecule is CC1CN(c2ccc([C@H](C)O)c(Br)c2)CCCO1. The number of hydrogen-bond acceptors (Lipinski definition) is 3. The van der Waals surface area contributed by atoms with Gasteiger partial charge in [-0.25, -0.2) is 0 Å². The quantitative estimate of drug-likeness (QED) is 0.910. The van der Waals surface area contributed by atoms with Gasteiger partial charge in [-0.3, -0.25) is 0 Å². The molecule has 1 saturated heterocycles. The second-order valence-electron chi connectivity index (χ2n) is 4.86. The number of aliphatic hydroxyl groups excluding tert-OH is 1. The second-order valence-corrected chi connectivity index (χ2v) is 5.72. The third-order valence-corrected chi connectivity index (χ3v) is 3.94. The van der Waals surface area contributed by atoms with Gasteiger partial charge in [-0.1, -0.05) is 22.0 Å². The van der Waals surface area contributed by atoms with Crippen molar-refractivity contribution in [1.82, 2.24) is 0 Å². The van der Waals surface area contributed by atoms with Crippen molar-refractivity contribution in [1.29, 1.82) is 0 Å². The fourth-order valence-corrected chi connectivity index (χ4v) is 2.98. The van der Waals surface area contributed by atoms with Gasteiger partial charge < -0.3 is 14.7 Å². The molecule has 0 radical (unpaired) electrons. The van der Waals surface area contributed by atoms with E-state index in [9.17, 15) is 5.11 Å². The average molecular weight is 314 g/mol. The first-order valence-corrected chi connectivity index (χ1v) is 7.21. The lowest BCUT2D eigenvalue weighted by Gasteiger charge is -2.25. The van der Waals surface area contributed by atoms with Crippen LogP contribution in [0, 0.1) is 0 Å². The Morgan fingerprint density at radius 2 is 2.28 bits per heavy atom. The van der Waals surface area contributed by atoms with Crippen LogP contribution in [0.5, 0.6) is 0 Å². The Bertz CT molecular complexity index is 409. The smallest absolute Gasteiger partial charge is 0.0772 e. The van der Waals surface area contributed by atoms with Crippen LogP contribution in [0.1, 0.15) is 31.9 Å². The van der Waals surface area contributed by atoms with Crippen molar-refractivity contribution in [2.24, 2.45) is 0 Å². The molecule has 1 aliphatic heterocycles. The maximum absolute atomic E-state index is 9.63. The summed E-state index contributed by atoms with van der Waals surface area (Å²) in [4.78, 5) is 2.34. The van der Waals surface area contributed by atoms with Crippen LogP contribution in [0.2, 0.25) is 0 Å². The number of anilines is 1. The van der Waals surface area contributed by atoms with Crippen LogP contribution in [0.15, 0.2) is 22.7 Å². The Labute approximate surface area is 117 Å². The van der Waals surface area contributed by atoms with E-state index in [1.165, 1.54) is 5.69 Å². The van der Waals surface area contributed by atoms with Crippen LogP contribution in [0.4, 0.5) is 5.69 Å². The summed E-state index contributed by atoms with van der Waals surface area (Å²) in [6, 6.07) is 6.14. The first-order chi connectivity index (χ1) is 8.58. The van der Waals surface area contributed by atoms with E-state index in [1.807, 2.05) is 6.07 Å². The van der Waals surface area contributed by atoms with Crippen LogP contribution < -0.4 is 4.90 Å². The molecule has 2 atom stereocenters. The highest BCUT2D eigenvalue weighted by molar-refractivity contribution is 9.10. The summed E-state index contributed by atoms with van der Waals surface area (Å²) in [5, 5.41) is 9.63. The molecule has 1 unspecified atom stereocenters. The van der Waals surface area contributed by atoms with Gasteiger partial charge in [-0.2, -0.15) is 0 Å². The minimum atomic E-state index is -0.445. The van der Waals surface area contributed by atoms with Gasteiger partial charge in [0.1, 0.15) is 0 Å². The van der Waals surface area contributed by atoms with Crippen molar-refractivity contribution in [2.45, 2.75) is 32.5 Å². The number of rotatable bonds is 2. The zero-order chi connectivity index (χ0) is 13.1. The van der Waals surface area contributed by atoms with Crippen LogP contribution in [0.3, 0.4) is 0 Å². The van der Waals surface area contributed by atoms with E-state index in [1.54, 1.807) is 6.92 Å². The Balaban J connectivity index is 2.19. The highest BCUT2D eigenvalue weighted by Gasteiger charge is 2.16. The molecular weight excluding hydrogens is 294 g/mol. The van der Waals surface area contributed by atoms with Crippen molar-refractivity contribution in [3.63, 3.8) is 0 Å². The van der Waals surface area contributed by atoms with Crippen LogP contribution in [0.25, 0.3) is 0 Å². The molecule has 0 saturated carbocycles. The standard InChI is InChI=1S/C14H20BrNO2/c1-10-9-16(6-3-7-18-10)12-4-5-13(11(2)17)14(15)8-12/h4-5,8,10-11,17H,3,6-7,9H2,1-2H3/t10?,11-/m0/s1. The highest BCUT2D eigenvalue weighted by Crippen LogP contribution is 2.29. The molecule has 1 heterocycles. The zero-order valence-corrected chi connectivity index (χ0v) is 12.5. The molecule has 1 aromatic carbocycles. The van der Waals surface area contributed by atoms with E-state index >= 15 is 0 Å². The van der Waals surface area contributed by atoms with Gasteiger partial charge in [0.2, 0.25) is 0 Å². The molecule has 0 amide bonds. The minimum Gasteiger partial charge on any atom is -0.389 e. The molecule has 18 heavy (non-hydrogen) atoms. The first-order valence-electron chi connectivity index (χ1n) is 6.42. The molecule has 0 aliphatic carbocycles. The number of aliphatic hydroxyl groups is 1. The maximum atomic E-state index is 9.63. The monoisotopic (exact) mass is 313 g/mol. The molecule has 1 aliphatic rings. The number of ether oxygens (including phenoxy) is 1. The number of nitrogens with zero attached hydrogens (tertiary/aromatic N) is 1. The van der Waals surface area contributed by atoms with Crippen molar-refractivity contribution >= 4 is 21.6 Å². The van der Waals surface area contributed by atoms with Crippen molar-refractivity contribution in [3.05, 3.63) is 28.2 Å². The molecule has 100 valence electrons. The molecule has 3 nitrogen and oxygen atoms in total. The molecule has 2 rings (SSSR count). The van der Waals surface area contributed by atoms with E-state index in [0.717, 1.165) is 36.2 Å². The first kappa shape index (κ1) is 13.8. The number of hydrogen-bond donors (Lipinski definition) is 1. The fraction of sp³-hybridized carbons (Fsp3) is 0.571. The lowest BCUT2D eigenvalue weighted by atomic mass is 10.1. The van der Waals surface area contributed by atoms with Gasteiger partial charge >= 0.3 is 0 Å². The average Bonchev–Trinajstić information content (AvgIpc) is 2.53. The summed E-state index contributed by atoms with van der Waals surface area (Å²) in [7, 11) is 0. The fourth-order valence-electron chi connectivity index (χ4n) is 2.28. The second kappa shape index (κ2) is 6.04. The van der Waals surface area contributed by atoms with E-state index in [0.29, 0.717) is 0 Å². The largest absolute Gasteiger partial charge is 0.389 e. The third-order valence-electron chi connectivity index (χ3n) is 3.25. The summed E-state index contributed by atoms with van der Waals surface area (Å²) in [6.45, 7) is 6.66. The molecule has 1 aromatic rings. The van der Waals surface area contributed by atoms with Gasteiger partial charge in [-0.05, 0) is 38.0 Å². The summed E-state index contributed by atoms with van der Waals surface area (Å²) >= 11 is 3.53. The van der Waals surface area contributed by atoms with Gasteiger partial charge in [0, 0.05) is 29.9 Å². The van der Waals surface area contributed by atoms with E-state index < -0.39 is 6.10 Å². The number of benzene rings is 1. The van der Waals surface area contributed by atoms with Crippen molar-refractivity contribution < 1.29 is 9.84 Å². The summed E-state index contributed by atoms with van der Waals surface area (Å²) in [5.74, 6) is 0. The Morgan fingerprint density at radius 3 is 2.94 bits per heavy atom. The molecule has 1 fully saturated rings. The zero-order valence-electron chi connectivity index (χ0n) is 10.9. The summed E-state index contributed by atoms with van der Waals surface area (Å²) in [6.07, 6.45) is 0.877. The van der Waals surface area contributed by atoms with Crippen LogP contribution >= 0.6 is 15.9 Å². The minimum absolute atomic E-state index is 0.266. The highest BCUT2D eigenvalue weighted by atomic mass is 79.9. The summed E-state index contributed by atoms with van der Waals surface area (Å²) < 4.78 is 6.62. The molecular formula is C14H20BrNO2. The van der Waals surface area contributed by atoms with E-state index in [-0.39, 0.29) is 6.10 Å². The third kappa shape index (κ3) is 3.25. The van der Waals surface area contributed by atoms with Gasteiger partial charge in [0.25, 0.3) is 0 Å². The Hall–Kier alpha value is -0.580. The molecule has 0 spiro atoms. The van der Waals surface area contributed by atoms with E-state index in [4.69, 9.17) is 4.74 Å². The molecule has 4 heteroatoms. The van der Waals surface area contributed by atoms with Gasteiger partial charge in [-0.15, -0.1) is 0 Å². The van der Waals surface area contributed by atoms with Crippen molar-refractivity contribution in [3.8, 4) is 0 Å². The molecule has 0 bridgehead atoms. The maximum Gasteiger partial charge on any atom is 0.0772 e. The van der Waals surface area contributed by atoms with Gasteiger partial charge in [0.15, 0.2) is 0 Å². The lowest BCUT2D eigenvalue weighted by Crippen LogP contribution is -2.30. The normalized spacial score (nSPS) is 22.7. The summed E-state index contributed by atoms with van der Waals surface area (Å²) in [5.41, 5.74) is 2.11. The number of halogens is 1. The predicted octanol–water partition coefficient (Wildman–Crippen LogP) is 3.12. The van der Waals surface area contributed by atoms with Crippen LogP contribution in [-0.2, 0) is 4.74 Å². The molecule has 1 N–H and O–H groups in total. The topological polar surface area (TPSA) is 32.7 Å². The van der Waals surface area contributed by atoms with Crippen molar-refractivity contribution in [2.75, 3.05) is 24.6 Å². The molecule has 0 aromatic heterocycles. The van der Waals surface area contributed by atoms with Crippen LogP contribution in [-0.4, -0.2) is 30.9 Å². The Kier molecular flexibility index (Phi) is 4.65. The van der Waals surface area contributed by atoms with E-state index in [2.05, 4.69) is 39.9 Å².